The number of benzene rings is 1. The van der Waals surface area contributed by atoms with Gasteiger partial charge in [0.15, 0.2) is 0 Å². The molecule has 0 aliphatic rings. The van der Waals surface area contributed by atoms with Crippen molar-refractivity contribution >= 4 is 23.7 Å². The van der Waals surface area contributed by atoms with Gasteiger partial charge in [0.05, 0.1) is 12.5 Å². The van der Waals surface area contributed by atoms with E-state index in [2.05, 4.69) is 10.6 Å². The summed E-state index contributed by atoms with van der Waals surface area (Å²) in [5.74, 6) is -3.54. The highest BCUT2D eigenvalue weighted by atomic mass is 16.4. The SMILES string of the molecule is NC(=O)CC(NC(=O)C(N)Cc1ccccc1)C(=O)NCC(=O)O. The zero-order chi connectivity index (χ0) is 18.1. The number of aliphatic carboxylic acids is 1. The molecule has 0 spiro atoms. The van der Waals surface area contributed by atoms with Crippen LogP contribution < -0.4 is 22.1 Å². The predicted octanol–water partition coefficient (Wildman–Crippen LogP) is -1.88. The number of primary amides is 1. The Bertz CT molecular complexity index is 605. The Morgan fingerprint density at radius 1 is 1.08 bits per heavy atom. The highest BCUT2D eigenvalue weighted by Crippen LogP contribution is 2.03. The highest BCUT2D eigenvalue weighted by molar-refractivity contribution is 5.94. The van der Waals surface area contributed by atoms with Gasteiger partial charge in [-0.15, -0.1) is 0 Å². The Kier molecular flexibility index (Phi) is 7.37. The normalized spacial score (nSPS) is 12.7. The van der Waals surface area contributed by atoms with E-state index in [-0.39, 0.29) is 6.42 Å². The standard InChI is InChI=1S/C15H20N4O5/c16-10(6-9-4-2-1-3-5-9)14(23)19-11(7-12(17)20)15(24)18-8-13(21)22/h1-5,10-11H,6-8,16H2,(H2,17,20)(H,18,24)(H,19,23)(H,21,22). The molecular weight excluding hydrogens is 316 g/mol. The molecule has 3 amide bonds. The Labute approximate surface area is 138 Å². The summed E-state index contributed by atoms with van der Waals surface area (Å²) in [6.45, 7) is -0.639. The second-order valence-electron chi connectivity index (χ2n) is 5.14. The van der Waals surface area contributed by atoms with Crippen LogP contribution in [0.15, 0.2) is 30.3 Å². The van der Waals surface area contributed by atoms with Crippen molar-refractivity contribution in [3.63, 3.8) is 0 Å². The lowest BCUT2D eigenvalue weighted by molar-refractivity contribution is -0.138. The third-order valence-corrected chi connectivity index (χ3v) is 3.09. The zero-order valence-corrected chi connectivity index (χ0v) is 12.9. The van der Waals surface area contributed by atoms with Gasteiger partial charge in [-0.05, 0) is 12.0 Å². The Balaban J connectivity index is 2.66. The molecule has 7 N–H and O–H groups in total. The zero-order valence-electron chi connectivity index (χ0n) is 12.9. The maximum Gasteiger partial charge on any atom is 0.322 e. The number of nitrogens with two attached hydrogens (primary N) is 2. The van der Waals surface area contributed by atoms with Gasteiger partial charge >= 0.3 is 5.97 Å². The first kappa shape index (κ1) is 19.1. The number of hydrogen-bond acceptors (Lipinski definition) is 5. The number of carboxylic acids is 1. The van der Waals surface area contributed by atoms with Crippen molar-refractivity contribution in [1.29, 1.82) is 0 Å². The minimum absolute atomic E-state index is 0.243. The van der Waals surface area contributed by atoms with Crippen LogP contribution in [0.25, 0.3) is 0 Å². The van der Waals surface area contributed by atoms with E-state index in [9.17, 15) is 19.2 Å². The molecule has 24 heavy (non-hydrogen) atoms. The third kappa shape index (κ3) is 6.88. The van der Waals surface area contributed by atoms with Crippen molar-refractivity contribution in [2.45, 2.75) is 24.9 Å². The number of hydrogen-bond donors (Lipinski definition) is 5. The first-order valence-electron chi connectivity index (χ1n) is 7.17. The average Bonchev–Trinajstić information content (AvgIpc) is 2.52. The molecular formula is C15H20N4O5. The summed E-state index contributed by atoms with van der Waals surface area (Å²) in [7, 11) is 0. The lowest BCUT2D eigenvalue weighted by Crippen LogP contribution is -2.53. The Hall–Kier alpha value is -2.94. The van der Waals surface area contributed by atoms with Gasteiger partial charge in [0.2, 0.25) is 17.7 Å². The molecule has 2 unspecified atom stereocenters. The summed E-state index contributed by atoms with van der Waals surface area (Å²) in [5, 5.41) is 12.9. The monoisotopic (exact) mass is 336 g/mol. The lowest BCUT2D eigenvalue weighted by Gasteiger charge is -2.19. The average molecular weight is 336 g/mol. The molecule has 9 nitrogen and oxygen atoms in total. The van der Waals surface area contributed by atoms with Crippen LogP contribution in [0.3, 0.4) is 0 Å². The van der Waals surface area contributed by atoms with Crippen LogP contribution >= 0.6 is 0 Å². The number of rotatable bonds is 9. The molecule has 0 aliphatic carbocycles. The summed E-state index contributed by atoms with van der Waals surface area (Å²) >= 11 is 0. The van der Waals surface area contributed by atoms with E-state index in [1.165, 1.54) is 0 Å². The molecule has 1 rings (SSSR count). The van der Waals surface area contributed by atoms with Crippen LogP contribution in [0, 0.1) is 0 Å². The molecule has 0 saturated carbocycles. The molecule has 0 bridgehead atoms. The number of nitrogens with one attached hydrogen (secondary N) is 2. The van der Waals surface area contributed by atoms with Gasteiger partial charge < -0.3 is 27.2 Å². The number of carboxylic acid groups (broad SMARTS) is 1. The third-order valence-electron chi connectivity index (χ3n) is 3.09. The van der Waals surface area contributed by atoms with Gasteiger partial charge in [0.25, 0.3) is 0 Å². The van der Waals surface area contributed by atoms with Crippen molar-refractivity contribution in [2.75, 3.05) is 6.54 Å². The van der Waals surface area contributed by atoms with Crippen molar-refractivity contribution in [2.24, 2.45) is 11.5 Å². The molecule has 0 saturated heterocycles. The summed E-state index contributed by atoms with van der Waals surface area (Å²) in [6.07, 6.45) is -0.220. The van der Waals surface area contributed by atoms with Crippen LogP contribution in [0.4, 0.5) is 0 Å². The van der Waals surface area contributed by atoms with E-state index in [0.29, 0.717) is 0 Å². The van der Waals surface area contributed by atoms with Crippen LogP contribution in [0.5, 0.6) is 0 Å². The molecule has 0 aromatic heterocycles. The molecule has 9 heteroatoms. The fraction of sp³-hybridized carbons (Fsp3) is 0.333. The van der Waals surface area contributed by atoms with Crippen LogP contribution in [0.2, 0.25) is 0 Å². The predicted molar refractivity (Wildman–Crippen MR) is 84.5 cm³/mol. The Morgan fingerprint density at radius 2 is 1.71 bits per heavy atom. The second-order valence-corrected chi connectivity index (χ2v) is 5.14. The molecule has 130 valence electrons. The number of carbonyl (C=O) groups is 4. The van der Waals surface area contributed by atoms with Gasteiger partial charge in [0.1, 0.15) is 12.6 Å². The first-order valence-corrected chi connectivity index (χ1v) is 7.17. The largest absolute Gasteiger partial charge is 0.480 e. The first-order chi connectivity index (χ1) is 11.3. The van der Waals surface area contributed by atoms with Gasteiger partial charge in [-0.1, -0.05) is 30.3 Å². The minimum atomic E-state index is -1.28. The fourth-order valence-electron chi connectivity index (χ4n) is 1.94. The van der Waals surface area contributed by atoms with Gasteiger partial charge in [0, 0.05) is 0 Å². The maximum absolute atomic E-state index is 12.1. The number of amides is 3. The quantitative estimate of drug-likeness (QED) is 0.354. The topological polar surface area (TPSA) is 165 Å². The maximum atomic E-state index is 12.1. The smallest absolute Gasteiger partial charge is 0.322 e. The summed E-state index contributed by atoms with van der Waals surface area (Å²) in [6, 6.07) is 6.81. The molecule has 0 heterocycles. The van der Waals surface area contributed by atoms with Crippen LogP contribution in [-0.2, 0) is 25.6 Å². The number of carbonyl (C=O) groups excluding carboxylic acids is 3. The van der Waals surface area contributed by atoms with Crippen molar-refractivity contribution in [1.82, 2.24) is 10.6 Å². The summed E-state index contributed by atoms with van der Waals surface area (Å²) in [4.78, 5) is 45.5. The summed E-state index contributed by atoms with van der Waals surface area (Å²) in [5.41, 5.74) is 11.7. The molecule has 2 atom stereocenters. The minimum Gasteiger partial charge on any atom is -0.480 e. The lowest BCUT2D eigenvalue weighted by atomic mass is 10.1. The van der Waals surface area contributed by atoms with Gasteiger partial charge in [-0.2, -0.15) is 0 Å². The van der Waals surface area contributed by atoms with Crippen molar-refractivity contribution in [3.8, 4) is 0 Å². The Morgan fingerprint density at radius 3 is 2.25 bits per heavy atom. The van der Waals surface area contributed by atoms with E-state index in [1.807, 2.05) is 6.07 Å². The molecule has 1 aromatic rings. The van der Waals surface area contributed by atoms with Gasteiger partial charge in [-0.3, -0.25) is 19.2 Å². The van der Waals surface area contributed by atoms with Crippen LogP contribution in [0.1, 0.15) is 12.0 Å². The van der Waals surface area contributed by atoms with Crippen LogP contribution in [-0.4, -0.2) is 47.4 Å². The van der Waals surface area contributed by atoms with E-state index >= 15 is 0 Å². The molecule has 0 radical (unpaired) electrons. The van der Waals surface area contributed by atoms with Crippen molar-refractivity contribution < 1.29 is 24.3 Å². The highest BCUT2D eigenvalue weighted by Gasteiger charge is 2.25. The fourth-order valence-corrected chi connectivity index (χ4v) is 1.94. The molecule has 0 fully saturated rings. The second kappa shape index (κ2) is 9.26. The molecule has 1 aromatic carbocycles. The van der Waals surface area contributed by atoms with E-state index in [0.717, 1.165) is 5.56 Å². The summed E-state index contributed by atoms with van der Waals surface area (Å²) < 4.78 is 0. The van der Waals surface area contributed by atoms with Gasteiger partial charge in [-0.25, -0.2) is 0 Å². The van der Waals surface area contributed by atoms with E-state index in [4.69, 9.17) is 16.6 Å². The van der Waals surface area contributed by atoms with E-state index in [1.54, 1.807) is 24.3 Å². The molecule has 0 aliphatic heterocycles. The van der Waals surface area contributed by atoms with E-state index < -0.39 is 48.7 Å². The van der Waals surface area contributed by atoms with Crippen molar-refractivity contribution in [3.05, 3.63) is 35.9 Å².